The second-order valence-electron chi connectivity index (χ2n) is 6.04. The number of hydrogen-bond donors (Lipinski definition) is 1. The zero-order valence-electron chi connectivity index (χ0n) is 15.4. The lowest BCUT2D eigenvalue weighted by molar-refractivity contribution is 0.0952. The van der Waals surface area contributed by atoms with Gasteiger partial charge in [-0.15, -0.1) is 0 Å². The van der Waals surface area contributed by atoms with Gasteiger partial charge in [-0.05, 0) is 78.9 Å². The molecule has 1 N–H and O–H groups in total. The van der Waals surface area contributed by atoms with Crippen molar-refractivity contribution in [2.75, 3.05) is 7.11 Å². The Balaban J connectivity index is 1.79. The summed E-state index contributed by atoms with van der Waals surface area (Å²) < 4.78 is 8.57. The van der Waals surface area contributed by atoms with Crippen LogP contribution in [0.25, 0.3) is 5.69 Å². The molecule has 0 aliphatic heterocycles. The molecule has 0 unspecified atom stereocenters. The molecule has 0 atom stereocenters. The van der Waals surface area contributed by atoms with Gasteiger partial charge in [0.25, 0.3) is 5.91 Å². The van der Waals surface area contributed by atoms with Gasteiger partial charge in [0.1, 0.15) is 5.75 Å². The number of hydrogen-bond acceptors (Lipinski definition) is 3. The van der Waals surface area contributed by atoms with Crippen molar-refractivity contribution < 1.29 is 9.53 Å². The molecular weight excluding hydrogens is 453 g/mol. The van der Waals surface area contributed by atoms with Crippen molar-refractivity contribution in [2.24, 2.45) is 5.10 Å². The Labute approximate surface area is 172 Å². The fraction of sp³-hybridized carbons (Fsp3) is 0.143. The first kappa shape index (κ1) is 19.2. The average molecular weight is 473 g/mol. The molecule has 1 amide bonds. The van der Waals surface area contributed by atoms with E-state index >= 15 is 0 Å². The number of carbonyl (C=O) groups excluding carboxylic acids is 1. The monoisotopic (exact) mass is 473 g/mol. The van der Waals surface area contributed by atoms with Gasteiger partial charge >= 0.3 is 0 Å². The third-order valence-electron chi connectivity index (χ3n) is 4.28. The van der Waals surface area contributed by atoms with Crippen molar-refractivity contribution >= 4 is 34.7 Å². The number of aromatic nitrogens is 1. The number of rotatable bonds is 5. The SMILES string of the molecule is COc1ccccc1C(=O)N/N=C\c1cc(C)n(-c2ccc(I)cc2)c1C. The minimum atomic E-state index is -0.310. The summed E-state index contributed by atoms with van der Waals surface area (Å²) >= 11 is 2.29. The molecule has 0 fully saturated rings. The van der Waals surface area contributed by atoms with E-state index in [1.807, 2.05) is 19.1 Å². The zero-order chi connectivity index (χ0) is 19.4. The van der Waals surface area contributed by atoms with Crippen LogP contribution >= 0.6 is 22.6 Å². The number of nitrogens with one attached hydrogen (secondary N) is 1. The first-order chi connectivity index (χ1) is 13.0. The highest BCUT2D eigenvalue weighted by Crippen LogP contribution is 2.21. The van der Waals surface area contributed by atoms with Gasteiger partial charge < -0.3 is 9.30 Å². The lowest BCUT2D eigenvalue weighted by Gasteiger charge is -2.09. The number of ether oxygens (including phenoxy) is 1. The van der Waals surface area contributed by atoms with E-state index in [4.69, 9.17) is 4.74 Å². The average Bonchev–Trinajstić information content (AvgIpc) is 2.96. The fourth-order valence-electron chi connectivity index (χ4n) is 2.96. The van der Waals surface area contributed by atoms with Crippen LogP contribution in [0.15, 0.2) is 59.7 Å². The summed E-state index contributed by atoms with van der Waals surface area (Å²) in [6.45, 7) is 4.09. The molecule has 2 aromatic carbocycles. The summed E-state index contributed by atoms with van der Waals surface area (Å²) in [6, 6.07) is 17.4. The molecule has 6 heteroatoms. The van der Waals surface area contributed by atoms with Crippen LogP contribution in [-0.4, -0.2) is 23.8 Å². The van der Waals surface area contributed by atoms with Crippen LogP contribution < -0.4 is 10.2 Å². The predicted octanol–water partition coefficient (Wildman–Crippen LogP) is 4.47. The number of carbonyl (C=O) groups is 1. The van der Waals surface area contributed by atoms with Crippen molar-refractivity contribution in [3.05, 3.63) is 80.7 Å². The van der Waals surface area contributed by atoms with Gasteiger partial charge in [-0.2, -0.15) is 5.10 Å². The Morgan fingerprint density at radius 3 is 2.56 bits per heavy atom. The van der Waals surface area contributed by atoms with Crippen LogP contribution in [0.5, 0.6) is 5.75 Å². The second kappa shape index (κ2) is 8.39. The topological polar surface area (TPSA) is 55.6 Å². The number of para-hydroxylation sites is 1. The number of aryl methyl sites for hydroxylation is 1. The van der Waals surface area contributed by atoms with E-state index in [0.717, 1.165) is 22.6 Å². The molecular formula is C21H20IN3O2. The highest BCUT2D eigenvalue weighted by molar-refractivity contribution is 14.1. The number of benzene rings is 2. The molecule has 3 rings (SSSR count). The summed E-state index contributed by atoms with van der Waals surface area (Å²) in [6.07, 6.45) is 1.67. The fourth-order valence-corrected chi connectivity index (χ4v) is 3.32. The minimum Gasteiger partial charge on any atom is -0.496 e. The van der Waals surface area contributed by atoms with Crippen LogP contribution in [-0.2, 0) is 0 Å². The second-order valence-corrected chi connectivity index (χ2v) is 7.28. The van der Waals surface area contributed by atoms with Crippen molar-refractivity contribution in [3.63, 3.8) is 0 Å². The van der Waals surface area contributed by atoms with Crippen LogP contribution in [0, 0.1) is 17.4 Å². The lowest BCUT2D eigenvalue weighted by Crippen LogP contribution is -2.18. The Bertz CT molecular complexity index is 991. The largest absolute Gasteiger partial charge is 0.496 e. The third-order valence-corrected chi connectivity index (χ3v) is 5.00. The Morgan fingerprint density at radius 2 is 1.85 bits per heavy atom. The van der Waals surface area contributed by atoms with E-state index in [1.54, 1.807) is 24.4 Å². The molecule has 0 saturated carbocycles. The molecule has 0 saturated heterocycles. The summed E-state index contributed by atoms with van der Waals surface area (Å²) in [7, 11) is 1.54. The molecule has 138 valence electrons. The van der Waals surface area contributed by atoms with Crippen molar-refractivity contribution in [2.45, 2.75) is 13.8 Å². The number of methoxy groups -OCH3 is 1. The number of nitrogens with zero attached hydrogens (tertiary/aromatic N) is 2. The van der Waals surface area contributed by atoms with Gasteiger partial charge in [0.2, 0.25) is 0 Å². The third kappa shape index (κ3) is 4.21. The standard InChI is InChI=1S/C21H20IN3O2/c1-14-12-16(15(2)25(14)18-10-8-17(22)9-11-18)13-23-24-21(26)19-6-4-5-7-20(19)27-3/h4-13H,1-3H3,(H,24,26)/b23-13-. The molecule has 27 heavy (non-hydrogen) atoms. The smallest absolute Gasteiger partial charge is 0.275 e. The number of halogens is 1. The van der Waals surface area contributed by atoms with Crippen molar-refractivity contribution in [1.29, 1.82) is 0 Å². The van der Waals surface area contributed by atoms with Gasteiger partial charge in [-0.25, -0.2) is 5.43 Å². The molecule has 0 aliphatic carbocycles. The highest BCUT2D eigenvalue weighted by atomic mass is 127. The molecule has 0 bridgehead atoms. The van der Waals surface area contributed by atoms with E-state index in [9.17, 15) is 4.79 Å². The summed E-state index contributed by atoms with van der Waals surface area (Å²) in [5.41, 5.74) is 7.22. The van der Waals surface area contributed by atoms with E-state index in [1.165, 1.54) is 10.7 Å². The lowest BCUT2D eigenvalue weighted by atomic mass is 10.2. The van der Waals surface area contributed by atoms with Crippen molar-refractivity contribution in [1.82, 2.24) is 9.99 Å². The molecule has 1 heterocycles. The van der Waals surface area contributed by atoms with Gasteiger partial charge in [0, 0.05) is 26.2 Å². The van der Waals surface area contributed by atoms with E-state index < -0.39 is 0 Å². The maximum absolute atomic E-state index is 12.3. The van der Waals surface area contributed by atoms with Crippen LogP contribution in [0.1, 0.15) is 27.3 Å². The zero-order valence-corrected chi connectivity index (χ0v) is 17.5. The van der Waals surface area contributed by atoms with Crippen LogP contribution in [0.2, 0.25) is 0 Å². The number of amides is 1. The van der Waals surface area contributed by atoms with Gasteiger partial charge in [0.05, 0.1) is 18.9 Å². The van der Waals surface area contributed by atoms with Crippen LogP contribution in [0.3, 0.4) is 0 Å². The van der Waals surface area contributed by atoms with E-state index in [2.05, 4.69) is 68.9 Å². The summed E-state index contributed by atoms with van der Waals surface area (Å²) in [5, 5.41) is 4.12. The van der Waals surface area contributed by atoms with E-state index in [0.29, 0.717) is 11.3 Å². The van der Waals surface area contributed by atoms with E-state index in [-0.39, 0.29) is 5.91 Å². The normalized spacial score (nSPS) is 11.0. The highest BCUT2D eigenvalue weighted by Gasteiger charge is 2.11. The Kier molecular flexibility index (Phi) is 5.95. The summed E-state index contributed by atoms with van der Waals surface area (Å²) in [4.78, 5) is 12.3. The summed E-state index contributed by atoms with van der Waals surface area (Å²) in [5.74, 6) is 0.206. The molecule has 0 aliphatic rings. The first-order valence-corrected chi connectivity index (χ1v) is 9.50. The number of hydrazone groups is 1. The quantitative estimate of drug-likeness (QED) is 0.338. The minimum absolute atomic E-state index is 0.310. The molecule has 0 radical (unpaired) electrons. The van der Waals surface area contributed by atoms with Gasteiger partial charge in [-0.1, -0.05) is 12.1 Å². The maximum Gasteiger partial charge on any atom is 0.275 e. The predicted molar refractivity (Wildman–Crippen MR) is 116 cm³/mol. The van der Waals surface area contributed by atoms with Gasteiger partial charge in [-0.3, -0.25) is 4.79 Å². The Hall–Kier alpha value is -2.61. The first-order valence-electron chi connectivity index (χ1n) is 8.42. The maximum atomic E-state index is 12.3. The molecule has 5 nitrogen and oxygen atoms in total. The Morgan fingerprint density at radius 1 is 1.15 bits per heavy atom. The van der Waals surface area contributed by atoms with Crippen LogP contribution in [0.4, 0.5) is 0 Å². The molecule has 1 aromatic heterocycles. The van der Waals surface area contributed by atoms with Crippen molar-refractivity contribution in [3.8, 4) is 11.4 Å². The van der Waals surface area contributed by atoms with Gasteiger partial charge in [0.15, 0.2) is 0 Å². The molecule has 0 spiro atoms. The molecule has 3 aromatic rings.